The van der Waals surface area contributed by atoms with Crippen LogP contribution in [0.4, 0.5) is 4.79 Å². The molecule has 2 aromatic rings. The summed E-state index contributed by atoms with van der Waals surface area (Å²) in [4.78, 5) is 20.1. The molecule has 1 saturated carbocycles. The van der Waals surface area contributed by atoms with E-state index >= 15 is 0 Å². The predicted octanol–water partition coefficient (Wildman–Crippen LogP) is 5.11. The van der Waals surface area contributed by atoms with E-state index in [4.69, 9.17) is 4.74 Å². The van der Waals surface area contributed by atoms with Crippen LogP contribution in [0.1, 0.15) is 50.2 Å². The van der Waals surface area contributed by atoms with Gasteiger partial charge in [0.2, 0.25) is 0 Å². The topological polar surface area (TPSA) is 36.0 Å². The van der Waals surface area contributed by atoms with Gasteiger partial charge >= 0.3 is 6.03 Å². The molecule has 5 nitrogen and oxygen atoms in total. The standard InChI is InChI=1S/C27H37N3O2/c1-5-19-30-25(31)29(20-22-11-13-24(32-4)14-12-22)21-26(30)15-17-27(18-16-26,28(2)3)23-9-7-6-8-10-23/h6-14H,5,15-21H2,1-4H3/t26-,27-. The quantitative estimate of drug-likeness (QED) is 0.606. The highest BCUT2D eigenvalue weighted by Gasteiger charge is 2.54. The second-order valence-corrected chi connectivity index (χ2v) is 9.65. The van der Waals surface area contributed by atoms with Crippen molar-refractivity contribution in [2.45, 2.75) is 56.7 Å². The maximum atomic E-state index is 13.5. The van der Waals surface area contributed by atoms with Gasteiger partial charge in [-0.1, -0.05) is 49.4 Å². The van der Waals surface area contributed by atoms with E-state index in [2.05, 4.69) is 78.2 Å². The van der Waals surface area contributed by atoms with Crippen molar-refractivity contribution in [3.63, 3.8) is 0 Å². The molecule has 0 atom stereocenters. The summed E-state index contributed by atoms with van der Waals surface area (Å²) in [6.07, 6.45) is 5.18. The first-order valence-electron chi connectivity index (χ1n) is 11.9. The number of carbonyl (C=O) groups is 1. The lowest BCUT2D eigenvalue weighted by Crippen LogP contribution is -2.55. The van der Waals surface area contributed by atoms with Crippen LogP contribution in [-0.4, -0.2) is 60.6 Å². The van der Waals surface area contributed by atoms with Gasteiger partial charge in [-0.3, -0.25) is 4.90 Å². The first kappa shape index (κ1) is 22.7. The number of methoxy groups -OCH3 is 1. The van der Waals surface area contributed by atoms with Crippen molar-refractivity contribution in [1.29, 1.82) is 0 Å². The van der Waals surface area contributed by atoms with Gasteiger partial charge in [0.15, 0.2) is 0 Å². The molecule has 1 spiro atoms. The smallest absolute Gasteiger partial charge is 0.320 e. The Labute approximate surface area is 193 Å². The van der Waals surface area contributed by atoms with E-state index in [0.29, 0.717) is 6.54 Å². The Morgan fingerprint density at radius 3 is 2.19 bits per heavy atom. The van der Waals surface area contributed by atoms with Crippen molar-refractivity contribution >= 4 is 6.03 Å². The molecule has 1 aliphatic heterocycles. The summed E-state index contributed by atoms with van der Waals surface area (Å²) < 4.78 is 5.28. The van der Waals surface area contributed by atoms with Crippen LogP contribution in [0.2, 0.25) is 0 Å². The zero-order valence-electron chi connectivity index (χ0n) is 20.0. The number of carbonyl (C=O) groups excluding carboxylic acids is 1. The van der Waals surface area contributed by atoms with Crippen molar-refractivity contribution in [1.82, 2.24) is 14.7 Å². The average Bonchev–Trinajstić information content (AvgIpc) is 3.06. The molecule has 32 heavy (non-hydrogen) atoms. The van der Waals surface area contributed by atoms with Gasteiger partial charge in [-0.25, -0.2) is 4.79 Å². The maximum Gasteiger partial charge on any atom is 0.320 e. The minimum absolute atomic E-state index is 0.0385. The van der Waals surface area contributed by atoms with Gasteiger partial charge in [-0.05, 0) is 69.5 Å². The van der Waals surface area contributed by atoms with E-state index in [9.17, 15) is 4.79 Å². The van der Waals surface area contributed by atoms with Crippen molar-refractivity contribution in [2.24, 2.45) is 0 Å². The Balaban J connectivity index is 1.55. The fourth-order valence-electron chi connectivity index (χ4n) is 5.81. The summed E-state index contributed by atoms with van der Waals surface area (Å²) in [5.74, 6) is 0.846. The second kappa shape index (κ2) is 9.14. The molecular weight excluding hydrogens is 398 g/mol. The maximum absolute atomic E-state index is 13.5. The molecule has 0 radical (unpaired) electrons. The third kappa shape index (κ3) is 3.99. The number of urea groups is 1. The third-order valence-electron chi connectivity index (χ3n) is 7.71. The first-order valence-corrected chi connectivity index (χ1v) is 11.9. The summed E-state index contributed by atoms with van der Waals surface area (Å²) in [7, 11) is 6.08. The Morgan fingerprint density at radius 2 is 1.62 bits per heavy atom. The molecule has 2 fully saturated rings. The van der Waals surface area contributed by atoms with Crippen LogP contribution in [0.5, 0.6) is 5.75 Å². The summed E-state index contributed by atoms with van der Waals surface area (Å²) >= 11 is 0. The van der Waals surface area contributed by atoms with Crippen molar-refractivity contribution in [2.75, 3.05) is 34.3 Å². The number of rotatable bonds is 7. The molecule has 2 aromatic carbocycles. The lowest BCUT2D eigenvalue weighted by molar-refractivity contribution is 0.0246. The van der Waals surface area contributed by atoms with E-state index in [0.717, 1.165) is 56.5 Å². The molecule has 0 N–H and O–H groups in total. The van der Waals surface area contributed by atoms with Crippen molar-refractivity contribution in [3.05, 3.63) is 65.7 Å². The molecule has 1 saturated heterocycles. The van der Waals surface area contributed by atoms with Crippen LogP contribution in [-0.2, 0) is 12.1 Å². The number of ether oxygens (including phenoxy) is 1. The lowest BCUT2D eigenvalue weighted by Gasteiger charge is -2.51. The lowest BCUT2D eigenvalue weighted by atomic mass is 9.68. The number of hydrogen-bond acceptors (Lipinski definition) is 3. The van der Waals surface area contributed by atoms with Gasteiger partial charge in [0, 0.05) is 25.2 Å². The zero-order chi connectivity index (χ0) is 22.8. The number of amides is 2. The van der Waals surface area contributed by atoms with Gasteiger partial charge in [0.05, 0.1) is 12.6 Å². The van der Waals surface area contributed by atoms with Crippen LogP contribution in [0.25, 0.3) is 0 Å². The summed E-state index contributed by atoms with van der Waals surface area (Å²) in [5.41, 5.74) is 2.52. The van der Waals surface area contributed by atoms with Crippen molar-refractivity contribution in [3.8, 4) is 5.75 Å². The Kier molecular flexibility index (Phi) is 6.47. The normalized spacial score (nSPS) is 25.7. The van der Waals surface area contributed by atoms with Crippen molar-refractivity contribution < 1.29 is 9.53 Å². The molecular formula is C27H37N3O2. The second-order valence-electron chi connectivity index (χ2n) is 9.65. The van der Waals surface area contributed by atoms with Crippen LogP contribution in [0, 0.1) is 0 Å². The fourth-order valence-corrected chi connectivity index (χ4v) is 5.81. The van der Waals surface area contributed by atoms with Gasteiger partial charge < -0.3 is 14.5 Å². The Bertz CT molecular complexity index is 902. The zero-order valence-corrected chi connectivity index (χ0v) is 20.0. The van der Waals surface area contributed by atoms with Crippen LogP contribution in [0.15, 0.2) is 54.6 Å². The molecule has 172 valence electrons. The van der Waals surface area contributed by atoms with Gasteiger partial charge in [-0.2, -0.15) is 0 Å². The van der Waals surface area contributed by atoms with E-state index in [1.165, 1.54) is 5.56 Å². The van der Waals surface area contributed by atoms with E-state index in [1.54, 1.807) is 7.11 Å². The summed E-state index contributed by atoms with van der Waals surface area (Å²) in [5, 5.41) is 0. The predicted molar refractivity (Wildman–Crippen MR) is 129 cm³/mol. The number of nitrogens with zero attached hydrogens (tertiary/aromatic N) is 3. The average molecular weight is 436 g/mol. The minimum Gasteiger partial charge on any atom is -0.497 e. The highest BCUT2D eigenvalue weighted by Crippen LogP contribution is 2.49. The van der Waals surface area contributed by atoms with E-state index in [1.807, 2.05) is 12.1 Å². The highest BCUT2D eigenvalue weighted by molar-refractivity contribution is 5.78. The Hall–Kier alpha value is -2.53. The monoisotopic (exact) mass is 435 g/mol. The molecule has 0 unspecified atom stereocenters. The summed E-state index contributed by atoms with van der Waals surface area (Å²) in [6, 6.07) is 19.2. The summed E-state index contributed by atoms with van der Waals surface area (Å²) in [6.45, 7) is 4.47. The molecule has 1 heterocycles. The molecule has 0 aromatic heterocycles. The van der Waals surface area contributed by atoms with E-state index < -0.39 is 0 Å². The van der Waals surface area contributed by atoms with Gasteiger partial charge in [-0.15, -0.1) is 0 Å². The van der Waals surface area contributed by atoms with Gasteiger partial charge in [0.1, 0.15) is 5.75 Å². The third-order valence-corrected chi connectivity index (χ3v) is 7.71. The first-order chi connectivity index (χ1) is 15.4. The van der Waals surface area contributed by atoms with Gasteiger partial charge in [0.25, 0.3) is 0 Å². The minimum atomic E-state index is -0.0617. The molecule has 1 aliphatic carbocycles. The largest absolute Gasteiger partial charge is 0.497 e. The SMILES string of the molecule is CCCN1C(=O)N(Cc2ccc(OC)cc2)C[C@]12CC[C@@](c1ccccc1)(N(C)C)CC2. The molecule has 0 bridgehead atoms. The molecule has 5 heteroatoms. The molecule has 4 rings (SSSR count). The Morgan fingerprint density at radius 1 is 0.969 bits per heavy atom. The van der Waals surface area contributed by atoms with E-state index in [-0.39, 0.29) is 17.1 Å². The fraction of sp³-hybridized carbons (Fsp3) is 0.519. The number of benzene rings is 2. The highest BCUT2D eigenvalue weighted by atomic mass is 16.5. The number of hydrogen-bond donors (Lipinski definition) is 0. The van der Waals surface area contributed by atoms with Crippen LogP contribution >= 0.6 is 0 Å². The van der Waals surface area contributed by atoms with Crippen LogP contribution in [0.3, 0.4) is 0 Å². The molecule has 2 aliphatic rings. The van der Waals surface area contributed by atoms with Crippen LogP contribution < -0.4 is 4.74 Å². The molecule has 2 amide bonds.